The van der Waals surface area contributed by atoms with Crippen LogP contribution in [-0.4, -0.2) is 23.8 Å². The molecular weight excluding hydrogens is 168 g/mol. The van der Waals surface area contributed by atoms with Crippen molar-refractivity contribution in [2.75, 3.05) is 6.61 Å². The lowest BCUT2D eigenvalue weighted by Crippen LogP contribution is -2.50. The van der Waals surface area contributed by atoms with Gasteiger partial charge in [-0.25, -0.2) is 0 Å². The Bertz CT molecular complexity index is 202. The van der Waals surface area contributed by atoms with Crippen LogP contribution in [-0.2, 0) is 9.53 Å². The summed E-state index contributed by atoms with van der Waals surface area (Å²) in [6.07, 6.45) is 1.01. The van der Waals surface area contributed by atoms with Gasteiger partial charge in [0.25, 0.3) is 0 Å². The van der Waals surface area contributed by atoms with Gasteiger partial charge in [-0.1, -0.05) is 20.3 Å². The molecule has 0 aromatic carbocycles. The minimum absolute atomic E-state index is 0.0502. The number of esters is 1. The summed E-state index contributed by atoms with van der Waals surface area (Å²) in [6, 6.07) is 0. The van der Waals surface area contributed by atoms with Crippen molar-refractivity contribution in [3.05, 3.63) is 0 Å². The highest BCUT2D eigenvalue weighted by atomic mass is 16.5. The SMILES string of the molecule is CCC[C@@]1(C)C(=O)OC[C@H](C)[C@@H]1O. The van der Waals surface area contributed by atoms with Crippen molar-refractivity contribution in [3.8, 4) is 0 Å². The van der Waals surface area contributed by atoms with Crippen LogP contribution in [0.15, 0.2) is 0 Å². The number of ether oxygens (including phenoxy) is 1. The Balaban J connectivity index is 2.81. The normalized spacial score (nSPS) is 40.2. The van der Waals surface area contributed by atoms with Gasteiger partial charge in [-0.3, -0.25) is 4.79 Å². The van der Waals surface area contributed by atoms with Crippen LogP contribution in [0, 0.1) is 11.3 Å². The zero-order valence-corrected chi connectivity index (χ0v) is 8.54. The van der Waals surface area contributed by atoms with Gasteiger partial charge in [0.15, 0.2) is 0 Å². The maximum Gasteiger partial charge on any atom is 0.314 e. The summed E-state index contributed by atoms with van der Waals surface area (Å²) in [5, 5.41) is 9.90. The molecule has 1 aliphatic heterocycles. The van der Waals surface area contributed by atoms with Gasteiger partial charge >= 0.3 is 5.97 Å². The number of carbonyl (C=O) groups excluding carboxylic acids is 1. The molecule has 0 unspecified atom stereocenters. The Hall–Kier alpha value is -0.570. The van der Waals surface area contributed by atoms with E-state index in [4.69, 9.17) is 4.74 Å². The Morgan fingerprint density at radius 2 is 2.31 bits per heavy atom. The Kier molecular flexibility index (Phi) is 2.96. The van der Waals surface area contributed by atoms with E-state index in [1.807, 2.05) is 13.8 Å². The van der Waals surface area contributed by atoms with Crippen molar-refractivity contribution in [1.29, 1.82) is 0 Å². The molecule has 0 aromatic rings. The fourth-order valence-corrected chi connectivity index (χ4v) is 1.98. The largest absolute Gasteiger partial charge is 0.465 e. The van der Waals surface area contributed by atoms with E-state index in [9.17, 15) is 9.90 Å². The summed E-state index contributed by atoms with van der Waals surface area (Å²) < 4.78 is 5.03. The summed E-state index contributed by atoms with van der Waals surface area (Å²) in [4.78, 5) is 11.5. The monoisotopic (exact) mass is 186 g/mol. The molecule has 0 aliphatic carbocycles. The Morgan fingerprint density at radius 3 is 2.85 bits per heavy atom. The third-order valence-corrected chi connectivity index (χ3v) is 2.90. The van der Waals surface area contributed by atoms with Crippen molar-refractivity contribution < 1.29 is 14.6 Å². The zero-order chi connectivity index (χ0) is 10.1. The first-order valence-electron chi connectivity index (χ1n) is 4.87. The standard InChI is InChI=1S/C10H18O3/c1-4-5-10(3)8(11)7(2)6-13-9(10)12/h7-8,11H,4-6H2,1-3H3/t7-,8-,10+/m0/s1. The second-order valence-electron chi connectivity index (χ2n) is 4.19. The molecule has 3 atom stereocenters. The quantitative estimate of drug-likeness (QED) is 0.662. The van der Waals surface area contributed by atoms with Crippen LogP contribution in [0.25, 0.3) is 0 Å². The summed E-state index contributed by atoms with van der Waals surface area (Å²) in [5.74, 6) is -0.200. The molecule has 0 radical (unpaired) electrons. The van der Waals surface area contributed by atoms with Crippen LogP contribution in [0.3, 0.4) is 0 Å². The lowest BCUT2D eigenvalue weighted by Gasteiger charge is -2.39. The molecule has 0 bridgehead atoms. The lowest BCUT2D eigenvalue weighted by molar-refractivity contribution is -0.181. The molecule has 0 aromatic heterocycles. The highest BCUT2D eigenvalue weighted by Crippen LogP contribution is 2.36. The van der Waals surface area contributed by atoms with Crippen molar-refractivity contribution in [1.82, 2.24) is 0 Å². The molecule has 13 heavy (non-hydrogen) atoms. The first kappa shape index (κ1) is 10.5. The first-order chi connectivity index (χ1) is 6.02. The van der Waals surface area contributed by atoms with E-state index in [-0.39, 0.29) is 11.9 Å². The second-order valence-corrected chi connectivity index (χ2v) is 4.19. The molecule has 1 fully saturated rings. The maximum atomic E-state index is 11.5. The summed E-state index contributed by atoms with van der Waals surface area (Å²) in [5.41, 5.74) is -0.688. The van der Waals surface area contributed by atoms with E-state index in [0.29, 0.717) is 13.0 Å². The van der Waals surface area contributed by atoms with Gasteiger partial charge in [0.1, 0.15) is 0 Å². The van der Waals surface area contributed by atoms with Gasteiger partial charge in [0.2, 0.25) is 0 Å². The van der Waals surface area contributed by atoms with Crippen LogP contribution < -0.4 is 0 Å². The zero-order valence-electron chi connectivity index (χ0n) is 8.54. The van der Waals surface area contributed by atoms with Gasteiger partial charge in [-0.2, -0.15) is 0 Å². The lowest BCUT2D eigenvalue weighted by atomic mass is 9.74. The molecule has 0 amide bonds. The van der Waals surface area contributed by atoms with E-state index in [1.54, 1.807) is 6.92 Å². The Morgan fingerprint density at radius 1 is 1.69 bits per heavy atom. The Labute approximate surface area is 79.1 Å². The number of aliphatic hydroxyl groups excluding tert-OH is 1. The number of aliphatic hydroxyl groups is 1. The number of hydrogen-bond acceptors (Lipinski definition) is 3. The van der Waals surface area contributed by atoms with E-state index in [2.05, 4.69) is 0 Å². The van der Waals surface area contributed by atoms with Crippen LogP contribution in [0.1, 0.15) is 33.6 Å². The van der Waals surface area contributed by atoms with Crippen LogP contribution in [0.4, 0.5) is 0 Å². The van der Waals surface area contributed by atoms with Crippen molar-refractivity contribution in [2.45, 2.75) is 39.7 Å². The van der Waals surface area contributed by atoms with Crippen LogP contribution >= 0.6 is 0 Å². The number of hydrogen-bond donors (Lipinski definition) is 1. The van der Waals surface area contributed by atoms with Gasteiger partial charge in [-0.15, -0.1) is 0 Å². The van der Waals surface area contributed by atoms with Crippen molar-refractivity contribution in [3.63, 3.8) is 0 Å². The van der Waals surface area contributed by atoms with Crippen molar-refractivity contribution >= 4 is 5.97 Å². The smallest absolute Gasteiger partial charge is 0.314 e. The molecule has 1 heterocycles. The maximum absolute atomic E-state index is 11.5. The van der Waals surface area contributed by atoms with Gasteiger partial charge in [-0.05, 0) is 13.3 Å². The van der Waals surface area contributed by atoms with E-state index in [0.717, 1.165) is 6.42 Å². The van der Waals surface area contributed by atoms with E-state index >= 15 is 0 Å². The molecule has 1 aliphatic rings. The van der Waals surface area contributed by atoms with E-state index < -0.39 is 11.5 Å². The predicted molar refractivity (Wildman–Crippen MR) is 49.1 cm³/mol. The highest BCUT2D eigenvalue weighted by Gasteiger charge is 2.47. The minimum Gasteiger partial charge on any atom is -0.465 e. The highest BCUT2D eigenvalue weighted by molar-refractivity contribution is 5.78. The molecule has 0 spiro atoms. The molecule has 3 heteroatoms. The van der Waals surface area contributed by atoms with Crippen molar-refractivity contribution in [2.24, 2.45) is 11.3 Å². The van der Waals surface area contributed by atoms with Gasteiger partial charge in [0.05, 0.1) is 18.1 Å². The predicted octanol–water partition coefficient (Wildman–Crippen LogP) is 1.35. The summed E-state index contributed by atoms with van der Waals surface area (Å²) in [7, 11) is 0. The average Bonchev–Trinajstić information content (AvgIpc) is 2.10. The third kappa shape index (κ3) is 1.70. The van der Waals surface area contributed by atoms with Gasteiger partial charge < -0.3 is 9.84 Å². The first-order valence-corrected chi connectivity index (χ1v) is 4.87. The fraction of sp³-hybridized carbons (Fsp3) is 0.900. The number of rotatable bonds is 2. The van der Waals surface area contributed by atoms with Gasteiger partial charge in [0, 0.05) is 5.92 Å². The fourth-order valence-electron chi connectivity index (χ4n) is 1.98. The average molecular weight is 186 g/mol. The summed E-state index contributed by atoms with van der Waals surface area (Å²) >= 11 is 0. The molecule has 0 saturated carbocycles. The van der Waals surface area contributed by atoms with Crippen LogP contribution in [0.2, 0.25) is 0 Å². The molecule has 1 N–H and O–H groups in total. The molecular formula is C10H18O3. The minimum atomic E-state index is -0.688. The second kappa shape index (κ2) is 3.66. The molecule has 3 nitrogen and oxygen atoms in total. The number of carbonyl (C=O) groups is 1. The molecule has 1 saturated heterocycles. The van der Waals surface area contributed by atoms with E-state index in [1.165, 1.54) is 0 Å². The third-order valence-electron chi connectivity index (χ3n) is 2.90. The van der Waals surface area contributed by atoms with Crippen LogP contribution in [0.5, 0.6) is 0 Å². The molecule has 1 rings (SSSR count). The number of cyclic esters (lactones) is 1. The molecule has 76 valence electrons. The topological polar surface area (TPSA) is 46.5 Å². The summed E-state index contributed by atoms with van der Waals surface area (Å²) in [6.45, 7) is 6.05.